The molecule has 2 fully saturated rings. The monoisotopic (exact) mass is 246 g/mol. The number of rotatable bonds is 3. The molecule has 2 unspecified atom stereocenters. The van der Waals surface area contributed by atoms with E-state index >= 15 is 0 Å². The average Bonchev–Trinajstić information content (AvgIpc) is 2.30. The predicted molar refractivity (Wildman–Crippen MR) is 65.8 cm³/mol. The molecule has 3 nitrogen and oxygen atoms in total. The number of thioether (sulfide) groups is 1. The predicted octanol–water partition coefficient (Wildman–Crippen LogP) is 1.69. The molecule has 0 bridgehead atoms. The highest BCUT2D eigenvalue weighted by Crippen LogP contribution is 2.38. The van der Waals surface area contributed by atoms with E-state index in [1.54, 1.807) is 11.8 Å². The van der Waals surface area contributed by atoms with E-state index in [1.165, 1.54) is 0 Å². The third-order valence-corrected chi connectivity index (χ3v) is 4.49. The maximum absolute atomic E-state index is 10.1. The van der Waals surface area contributed by atoms with E-state index in [0.717, 1.165) is 51.3 Å². The van der Waals surface area contributed by atoms with Crippen LogP contribution >= 0.6 is 11.8 Å². The van der Waals surface area contributed by atoms with Crippen molar-refractivity contribution >= 4 is 11.8 Å². The SMILES string of the molecule is CSCC(O)C1CCOC2(CCOCC2)C1. The van der Waals surface area contributed by atoms with E-state index < -0.39 is 0 Å². The van der Waals surface area contributed by atoms with E-state index in [1.807, 2.05) is 6.26 Å². The van der Waals surface area contributed by atoms with Crippen molar-refractivity contribution in [3.05, 3.63) is 0 Å². The van der Waals surface area contributed by atoms with Crippen LogP contribution < -0.4 is 0 Å². The van der Waals surface area contributed by atoms with Gasteiger partial charge in [0, 0.05) is 25.6 Å². The molecule has 2 atom stereocenters. The van der Waals surface area contributed by atoms with Crippen molar-refractivity contribution in [3.8, 4) is 0 Å². The Morgan fingerprint density at radius 2 is 2.12 bits per heavy atom. The molecule has 2 rings (SSSR count). The van der Waals surface area contributed by atoms with Gasteiger partial charge in [0.05, 0.1) is 11.7 Å². The molecule has 0 aliphatic carbocycles. The molecule has 1 spiro atoms. The van der Waals surface area contributed by atoms with Gasteiger partial charge in [0.1, 0.15) is 0 Å². The van der Waals surface area contributed by atoms with Crippen LogP contribution in [0.3, 0.4) is 0 Å². The minimum absolute atomic E-state index is 0.0144. The Hall–Kier alpha value is 0.230. The van der Waals surface area contributed by atoms with Gasteiger partial charge >= 0.3 is 0 Å². The lowest BCUT2D eigenvalue weighted by Gasteiger charge is -2.44. The highest BCUT2D eigenvalue weighted by molar-refractivity contribution is 7.98. The molecule has 0 saturated carbocycles. The van der Waals surface area contributed by atoms with E-state index in [9.17, 15) is 5.11 Å². The lowest BCUT2D eigenvalue weighted by molar-refractivity contribution is -0.156. The molecule has 2 aliphatic heterocycles. The second-order valence-electron chi connectivity index (χ2n) is 4.92. The summed E-state index contributed by atoms with van der Waals surface area (Å²) >= 11 is 1.72. The maximum atomic E-state index is 10.1. The number of aliphatic hydroxyl groups excluding tert-OH is 1. The van der Waals surface area contributed by atoms with Crippen LogP contribution in [-0.2, 0) is 9.47 Å². The summed E-state index contributed by atoms with van der Waals surface area (Å²) in [4.78, 5) is 0. The van der Waals surface area contributed by atoms with Crippen molar-refractivity contribution in [2.24, 2.45) is 5.92 Å². The summed E-state index contributed by atoms with van der Waals surface area (Å²) < 4.78 is 11.4. The molecule has 16 heavy (non-hydrogen) atoms. The summed E-state index contributed by atoms with van der Waals surface area (Å²) in [6, 6.07) is 0. The molecular weight excluding hydrogens is 224 g/mol. The molecule has 2 heterocycles. The zero-order valence-electron chi connectivity index (χ0n) is 9.98. The molecule has 94 valence electrons. The number of ether oxygens (including phenoxy) is 2. The standard InChI is InChI=1S/C12H22O3S/c1-16-9-11(13)10-2-5-15-12(8-10)3-6-14-7-4-12/h10-11,13H,2-9H2,1H3. The van der Waals surface area contributed by atoms with Gasteiger partial charge in [0.25, 0.3) is 0 Å². The minimum atomic E-state index is -0.168. The van der Waals surface area contributed by atoms with Gasteiger partial charge in [0.2, 0.25) is 0 Å². The molecule has 0 amide bonds. The van der Waals surface area contributed by atoms with Crippen molar-refractivity contribution < 1.29 is 14.6 Å². The Bertz CT molecular complexity index is 211. The second-order valence-corrected chi connectivity index (χ2v) is 5.83. The fourth-order valence-corrected chi connectivity index (χ4v) is 3.41. The van der Waals surface area contributed by atoms with Gasteiger partial charge in [-0.25, -0.2) is 0 Å². The Labute approximate surface area is 102 Å². The summed E-state index contributed by atoms with van der Waals surface area (Å²) in [5, 5.41) is 10.1. The zero-order chi connectivity index (χ0) is 11.4. The molecule has 0 radical (unpaired) electrons. The highest BCUT2D eigenvalue weighted by Gasteiger charge is 2.40. The average molecular weight is 246 g/mol. The first-order chi connectivity index (χ1) is 7.76. The summed E-state index contributed by atoms with van der Waals surface area (Å²) in [6.07, 6.45) is 5.89. The van der Waals surface area contributed by atoms with Gasteiger partial charge < -0.3 is 14.6 Å². The van der Waals surface area contributed by atoms with E-state index in [0.29, 0.717) is 5.92 Å². The van der Waals surface area contributed by atoms with Gasteiger partial charge in [0.15, 0.2) is 0 Å². The lowest BCUT2D eigenvalue weighted by atomic mass is 9.79. The molecule has 0 aromatic heterocycles. The summed E-state index contributed by atoms with van der Waals surface area (Å²) in [5.74, 6) is 1.26. The molecule has 2 aliphatic rings. The molecule has 2 saturated heterocycles. The van der Waals surface area contributed by atoms with Crippen LogP contribution in [0.15, 0.2) is 0 Å². The molecule has 4 heteroatoms. The smallest absolute Gasteiger partial charge is 0.0730 e. The van der Waals surface area contributed by atoms with Crippen LogP contribution in [0.1, 0.15) is 25.7 Å². The van der Waals surface area contributed by atoms with Crippen LogP contribution in [0.4, 0.5) is 0 Å². The maximum Gasteiger partial charge on any atom is 0.0730 e. The molecular formula is C12H22O3S. The summed E-state index contributed by atoms with van der Waals surface area (Å²) in [7, 11) is 0. The Balaban J connectivity index is 1.92. The largest absolute Gasteiger partial charge is 0.392 e. The molecule has 0 aromatic rings. The Kier molecular flexibility index (Phi) is 4.53. The van der Waals surface area contributed by atoms with E-state index in [4.69, 9.17) is 9.47 Å². The van der Waals surface area contributed by atoms with Gasteiger partial charge in [-0.15, -0.1) is 0 Å². The minimum Gasteiger partial charge on any atom is -0.392 e. The first-order valence-corrected chi connectivity index (χ1v) is 7.54. The van der Waals surface area contributed by atoms with Gasteiger partial charge in [-0.05, 0) is 37.9 Å². The quantitative estimate of drug-likeness (QED) is 0.822. The van der Waals surface area contributed by atoms with Crippen LogP contribution in [0, 0.1) is 5.92 Å². The van der Waals surface area contributed by atoms with Gasteiger partial charge in [-0.1, -0.05) is 0 Å². The Morgan fingerprint density at radius 3 is 2.81 bits per heavy atom. The number of hydrogen-bond donors (Lipinski definition) is 1. The van der Waals surface area contributed by atoms with Crippen molar-refractivity contribution in [1.82, 2.24) is 0 Å². The topological polar surface area (TPSA) is 38.7 Å². The zero-order valence-corrected chi connectivity index (χ0v) is 10.8. The lowest BCUT2D eigenvalue weighted by Crippen LogP contribution is -2.47. The second kappa shape index (κ2) is 5.71. The van der Waals surface area contributed by atoms with Crippen molar-refractivity contribution in [2.45, 2.75) is 37.4 Å². The number of aliphatic hydroxyl groups is 1. The fraction of sp³-hybridized carbons (Fsp3) is 1.00. The van der Waals surface area contributed by atoms with Gasteiger partial charge in [-0.2, -0.15) is 11.8 Å². The first-order valence-electron chi connectivity index (χ1n) is 6.14. The highest BCUT2D eigenvalue weighted by atomic mass is 32.2. The molecule has 0 aromatic carbocycles. The van der Waals surface area contributed by atoms with Crippen LogP contribution in [0.5, 0.6) is 0 Å². The third-order valence-electron chi connectivity index (χ3n) is 3.82. The fourth-order valence-electron chi connectivity index (χ4n) is 2.79. The first kappa shape index (κ1) is 12.7. The van der Waals surface area contributed by atoms with Crippen molar-refractivity contribution in [2.75, 3.05) is 31.8 Å². The van der Waals surface area contributed by atoms with E-state index in [2.05, 4.69) is 0 Å². The number of hydrogen-bond acceptors (Lipinski definition) is 4. The van der Waals surface area contributed by atoms with Crippen molar-refractivity contribution in [1.29, 1.82) is 0 Å². The van der Waals surface area contributed by atoms with Crippen LogP contribution in [0.25, 0.3) is 0 Å². The van der Waals surface area contributed by atoms with Crippen LogP contribution in [0.2, 0.25) is 0 Å². The summed E-state index contributed by atoms with van der Waals surface area (Å²) in [5.41, 5.74) is 0.0144. The normalized spacial score (nSPS) is 31.5. The van der Waals surface area contributed by atoms with Crippen molar-refractivity contribution in [3.63, 3.8) is 0 Å². The van der Waals surface area contributed by atoms with Crippen LogP contribution in [-0.4, -0.2) is 48.6 Å². The Morgan fingerprint density at radius 1 is 1.38 bits per heavy atom. The summed E-state index contributed by atoms with van der Waals surface area (Å²) in [6.45, 7) is 2.42. The third kappa shape index (κ3) is 2.92. The molecule has 1 N–H and O–H groups in total. The van der Waals surface area contributed by atoms with Gasteiger partial charge in [-0.3, -0.25) is 0 Å². The van der Waals surface area contributed by atoms with E-state index in [-0.39, 0.29) is 11.7 Å².